The average Bonchev–Trinajstić information content (AvgIpc) is 3.13. The maximum atomic E-state index is 13.8. The highest BCUT2D eigenvalue weighted by Crippen LogP contribution is 2.35. The van der Waals surface area contributed by atoms with Gasteiger partial charge in [-0.1, -0.05) is 24.3 Å². The molecule has 1 amide bonds. The van der Waals surface area contributed by atoms with Crippen molar-refractivity contribution in [1.29, 1.82) is 0 Å². The highest BCUT2D eigenvalue weighted by atomic mass is 79.9. The number of amides is 1. The van der Waals surface area contributed by atoms with Crippen LogP contribution in [0, 0.1) is 5.82 Å². The minimum absolute atomic E-state index is 0.0873. The molecule has 5 nitrogen and oxygen atoms in total. The number of thioether (sulfide) groups is 1. The number of amidine groups is 1. The van der Waals surface area contributed by atoms with Gasteiger partial charge >= 0.3 is 0 Å². The summed E-state index contributed by atoms with van der Waals surface area (Å²) in [4.78, 5) is 19.8. The molecule has 1 aliphatic heterocycles. The van der Waals surface area contributed by atoms with Gasteiger partial charge in [0.15, 0.2) is 5.17 Å². The quantitative estimate of drug-likeness (QED) is 0.309. The standard InChI is InChI=1S/C26H22BrFN2O3S/c1-3-30-25(31)24(34-26(30)29-19-9-11-20(32-2)12-10-19)15-17-8-13-23(21(27)14-17)33-16-18-6-4-5-7-22(18)28/h4-15H,3,16H2,1-2H3/b24-15+,29-26?. The van der Waals surface area contributed by atoms with Crippen molar-refractivity contribution in [3.05, 3.63) is 93.1 Å². The number of likely N-dealkylation sites (N-methyl/N-ethyl adjacent to an activating group) is 1. The summed E-state index contributed by atoms with van der Waals surface area (Å²) in [5, 5.41) is 0.632. The van der Waals surface area contributed by atoms with Crippen LogP contribution in [0.25, 0.3) is 6.08 Å². The molecule has 174 valence electrons. The van der Waals surface area contributed by atoms with Gasteiger partial charge in [-0.2, -0.15) is 0 Å². The molecule has 3 aromatic carbocycles. The minimum Gasteiger partial charge on any atom is -0.497 e. The first-order valence-electron chi connectivity index (χ1n) is 10.6. The maximum Gasteiger partial charge on any atom is 0.266 e. The number of rotatable bonds is 7. The van der Waals surface area contributed by atoms with Crippen molar-refractivity contribution >= 4 is 50.5 Å². The molecule has 3 aromatic rings. The Hall–Kier alpha value is -3.10. The number of hydrogen-bond donors (Lipinski definition) is 0. The fourth-order valence-electron chi connectivity index (χ4n) is 3.28. The molecule has 0 bridgehead atoms. The number of ether oxygens (including phenoxy) is 2. The molecule has 0 saturated carbocycles. The van der Waals surface area contributed by atoms with Crippen LogP contribution < -0.4 is 9.47 Å². The highest BCUT2D eigenvalue weighted by molar-refractivity contribution is 9.10. The zero-order valence-corrected chi connectivity index (χ0v) is 21.0. The van der Waals surface area contributed by atoms with E-state index in [2.05, 4.69) is 20.9 Å². The number of carbonyl (C=O) groups excluding carboxylic acids is 1. The van der Waals surface area contributed by atoms with Gasteiger partial charge in [0.1, 0.15) is 23.9 Å². The molecule has 1 aliphatic rings. The first-order chi connectivity index (χ1) is 16.5. The van der Waals surface area contributed by atoms with Crippen molar-refractivity contribution in [2.24, 2.45) is 4.99 Å². The van der Waals surface area contributed by atoms with Crippen LogP contribution >= 0.6 is 27.7 Å². The van der Waals surface area contributed by atoms with Crippen LogP contribution in [-0.4, -0.2) is 29.6 Å². The third-order valence-electron chi connectivity index (χ3n) is 5.10. The van der Waals surface area contributed by atoms with E-state index in [4.69, 9.17) is 9.47 Å². The molecule has 1 saturated heterocycles. The Labute approximate surface area is 210 Å². The first-order valence-corrected chi connectivity index (χ1v) is 12.2. The summed E-state index contributed by atoms with van der Waals surface area (Å²) in [5.74, 6) is 0.951. The summed E-state index contributed by atoms with van der Waals surface area (Å²) in [7, 11) is 1.61. The van der Waals surface area contributed by atoms with Gasteiger partial charge in [0, 0.05) is 12.1 Å². The van der Waals surface area contributed by atoms with Gasteiger partial charge in [-0.3, -0.25) is 9.69 Å². The zero-order chi connectivity index (χ0) is 24.1. The number of aliphatic imine (C=N–C) groups is 1. The number of hydrogen-bond acceptors (Lipinski definition) is 5. The summed E-state index contributed by atoms with van der Waals surface area (Å²) in [6.45, 7) is 2.56. The Kier molecular flexibility index (Phi) is 7.70. The Morgan fingerprint density at radius 2 is 1.88 bits per heavy atom. The largest absolute Gasteiger partial charge is 0.497 e. The zero-order valence-electron chi connectivity index (χ0n) is 18.6. The van der Waals surface area contributed by atoms with Crippen molar-refractivity contribution in [2.75, 3.05) is 13.7 Å². The second kappa shape index (κ2) is 10.9. The number of carbonyl (C=O) groups is 1. The summed E-state index contributed by atoms with van der Waals surface area (Å²) in [6, 6.07) is 19.4. The Bertz CT molecular complexity index is 1260. The Morgan fingerprint density at radius 1 is 1.12 bits per heavy atom. The summed E-state index contributed by atoms with van der Waals surface area (Å²) >= 11 is 4.85. The number of benzene rings is 3. The van der Waals surface area contributed by atoms with Gasteiger partial charge in [0.25, 0.3) is 5.91 Å². The Morgan fingerprint density at radius 3 is 2.56 bits per heavy atom. The summed E-state index contributed by atoms with van der Waals surface area (Å²) in [6.07, 6.45) is 1.83. The molecule has 0 atom stereocenters. The summed E-state index contributed by atoms with van der Waals surface area (Å²) < 4.78 is 25.5. The number of halogens is 2. The lowest BCUT2D eigenvalue weighted by atomic mass is 10.2. The van der Waals surface area contributed by atoms with Crippen LogP contribution in [0.2, 0.25) is 0 Å². The van der Waals surface area contributed by atoms with Crippen LogP contribution in [0.15, 0.2) is 81.1 Å². The van der Waals surface area contributed by atoms with E-state index in [9.17, 15) is 9.18 Å². The van der Waals surface area contributed by atoms with Gasteiger partial charge < -0.3 is 9.47 Å². The van der Waals surface area contributed by atoms with Crippen LogP contribution in [0.5, 0.6) is 11.5 Å². The molecular formula is C26H22BrFN2O3S. The highest BCUT2D eigenvalue weighted by Gasteiger charge is 2.32. The third kappa shape index (κ3) is 5.51. The average molecular weight is 541 g/mol. The molecule has 0 spiro atoms. The lowest BCUT2D eigenvalue weighted by molar-refractivity contribution is -0.122. The molecule has 0 N–H and O–H groups in total. The second-order valence-corrected chi connectivity index (χ2v) is 9.19. The van der Waals surface area contributed by atoms with E-state index in [1.54, 1.807) is 36.3 Å². The molecule has 0 aromatic heterocycles. The third-order valence-corrected chi connectivity index (χ3v) is 6.72. The predicted molar refractivity (Wildman–Crippen MR) is 138 cm³/mol. The number of nitrogens with zero attached hydrogens (tertiary/aromatic N) is 2. The van der Waals surface area contributed by atoms with E-state index < -0.39 is 0 Å². The molecule has 1 fully saturated rings. The van der Waals surface area contributed by atoms with Crippen molar-refractivity contribution in [2.45, 2.75) is 13.5 Å². The molecule has 1 heterocycles. The van der Waals surface area contributed by atoms with E-state index in [0.29, 0.717) is 32.4 Å². The van der Waals surface area contributed by atoms with Gasteiger partial charge in [-0.25, -0.2) is 9.38 Å². The van der Waals surface area contributed by atoms with Gasteiger partial charge in [0.05, 0.1) is 22.2 Å². The topological polar surface area (TPSA) is 51.1 Å². The minimum atomic E-state index is -0.302. The van der Waals surface area contributed by atoms with Crippen LogP contribution in [-0.2, 0) is 11.4 Å². The molecular weight excluding hydrogens is 519 g/mol. The summed E-state index contributed by atoms with van der Waals surface area (Å²) in [5.41, 5.74) is 2.06. The molecule has 4 rings (SSSR count). The van der Waals surface area contributed by atoms with Crippen LogP contribution in [0.4, 0.5) is 10.1 Å². The van der Waals surface area contributed by atoms with E-state index in [1.807, 2.05) is 49.4 Å². The normalized spacial score (nSPS) is 15.9. The van der Waals surface area contributed by atoms with E-state index in [1.165, 1.54) is 17.8 Å². The van der Waals surface area contributed by atoms with Crippen molar-refractivity contribution in [1.82, 2.24) is 4.90 Å². The van der Waals surface area contributed by atoms with Crippen molar-refractivity contribution in [3.8, 4) is 11.5 Å². The fourth-order valence-corrected chi connectivity index (χ4v) is 4.86. The fraction of sp³-hybridized carbons (Fsp3) is 0.154. The van der Waals surface area contributed by atoms with Crippen molar-refractivity contribution < 1.29 is 18.7 Å². The Balaban J connectivity index is 1.51. The number of methoxy groups -OCH3 is 1. The first kappa shape index (κ1) is 24.0. The van der Waals surface area contributed by atoms with Crippen LogP contribution in [0.3, 0.4) is 0 Å². The molecule has 8 heteroatoms. The van der Waals surface area contributed by atoms with E-state index >= 15 is 0 Å². The monoisotopic (exact) mass is 540 g/mol. The van der Waals surface area contributed by atoms with E-state index in [0.717, 1.165) is 17.0 Å². The molecule has 0 aliphatic carbocycles. The lowest BCUT2D eigenvalue weighted by Crippen LogP contribution is -2.28. The van der Waals surface area contributed by atoms with Gasteiger partial charge in [-0.15, -0.1) is 0 Å². The smallest absolute Gasteiger partial charge is 0.266 e. The van der Waals surface area contributed by atoms with Crippen molar-refractivity contribution in [3.63, 3.8) is 0 Å². The predicted octanol–water partition coefficient (Wildman–Crippen LogP) is 6.80. The van der Waals surface area contributed by atoms with E-state index in [-0.39, 0.29) is 18.3 Å². The van der Waals surface area contributed by atoms with Gasteiger partial charge in [-0.05, 0) is 88.7 Å². The lowest BCUT2D eigenvalue weighted by Gasteiger charge is -2.12. The molecule has 0 unspecified atom stereocenters. The second-order valence-electron chi connectivity index (χ2n) is 7.32. The van der Waals surface area contributed by atoms with Crippen LogP contribution in [0.1, 0.15) is 18.1 Å². The van der Waals surface area contributed by atoms with Gasteiger partial charge in [0.2, 0.25) is 0 Å². The SMILES string of the molecule is CCN1C(=O)/C(=C\c2ccc(OCc3ccccc3F)c(Br)c2)SC1=Nc1ccc(OC)cc1. The molecule has 34 heavy (non-hydrogen) atoms. The molecule has 0 radical (unpaired) electrons. The maximum absolute atomic E-state index is 13.8.